The average Bonchev–Trinajstić information content (AvgIpc) is 4.21. The molecule has 2 heterocycles. The zero-order valence-corrected chi connectivity index (χ0v) is 39.7. The number of aromatic amines is 1. The number of benzene rings is 3. The Labute approximate surface area is 387 Å². The van der Waals surface area contributed by atoms with Gasteiger partial charge in [0.05, 0.1) is 42.0 Å². The lowest BCUT2D eigenvalue weighted by atomic mass is 9.86. The van der Waals surface area contributed by atoms with E-state index in [0.717, 1.165) is 63.2 Å². The van der Waals surface area contributed by atoms with Gasteiger partial charge in [0.15, 0.2) is 11.6 Å². The number of ether oxygens (including phenoxy) is 1. The first-order valence-corrected chi connectivity index (χ1v) is 22.4. The van der Waals surface area contributed by atoms with Gasteiger partial charge in [0, 0.05) is 50.3 Å². The van der Waals surface area contributed by atoms with E-state index in [1.165, 1.54) is 31.7 Å². The molecule has 2 saturated carbocycles. The fraction of sp³-hybridized carbons (Fsp3) is 0.370. The van der Waals surface area contributed by atoms with Crippen LogP contribution in [0.5, 0.6) is 5.88 Å². The van der Waals surface area contributed by atoms with Crippen LogP contribution in [0.4, 0.5) is 0 Å². The van der Waals surface area contributed by atoms with Crippen molar-refractivity contribution >= 4 is 28.4 Å². The fourth-order valence-electron chi connectivity index (χ4n) is 8.20. The van der Waals surface area contributed by atoms with Gasteiger partial charge in [-0.3, -0.25) is 19.2 Å². The predicted molar refractivity (Wildman–Crippen MR) is 253 cm³/mol. The van der Waals surface area contributed by atoms with E-state index in [1.807, 2.05) is 60.6 Å². The number of halogens is 1. The molecule has 2 fully saturated rings. The number of pyridine rings is 2. The summed E-state index contributed by atoms with van der Waals surface area (Å²) < 4.78 is 5.54. The van der Waals surface area contributed by atoms with Gasteiger partial charge in [0.1, 0.15) is 0 Å². The topological polar surface area (TPSA) is 178 Å². The van der Waals surface area contributed by atoms with E-state index in [-0.39, 0.29) is 29.0 Å². The van der Waals surface area contributed by atoms with Crippen molar-refractivity contribution in [1.82, 2.24) is 9.97 Å². The monoisotopic (exact) mass is 889 g/mol. The highest BCUT2D eigenvalue weighted by Crippen LogP contribution is 2.40. The molecule has 3 aromatic carbocycles. The Balaban J connectivity index is 0.000000196. The van der Waals surface area contributed by atoms with E-state index in [1.54, 1.807) is 49.6 Å². The summed E-state index contributed by atoms with van der Waals surface area (Å²) >= 11 is 5.26. The van der Waals surface area contributed by atoms with Crippen LogP contribution >= 0.6 is 11.6 Å². The maximum absolute atomic E-state index is 13.6. The number of rotatable bonds is 12. The molecule has 7 rings (SSSR count). The molecule has 0 unspecified atom stereocenters. The van der Waals surface area contributed by atoms with E-state index in [2.05, 4.69) is 36.0 Å². The number of hydrogen-bond donors (Lipinski definition) is 1. The summed E-state index contributed by atoms with van der Waals surface area (Å²) in [5.74, 6) is 1.60. The number of aromatic nitrogens is 2. The van der Waals surface area contributed by atoms with Crippen molar-refractivity contribution in [2.24, 2.45) is 11.8 Å². The Morgan fingerprint density at radius 2 is 1.06 bits per heavy atom. The second-order valence-corrected chi connectivity index (χ2v) is 18.3. The van der Waals surface area contributed by atoms with Crippen LogP contribution in [0.3, 0.4) is 0 Å². The fourth-order valence-corrected chi connectivity index (χ4v) is 8.31. The lowest BCUT2D eigenvalue weighted by molar-refractivity contribution is 0.102. The zero-order chi connectivity index (χ0) is 47.9. The summed E-state index contributed by atoms with van der Waals surface area (Å²) in [4.78, 5) is 58.0. The number of carbonyl (C=O) groups excluding carboxylic acids is 3. The van der Waals surface area contributed by atoms with Gasteiger partial charge in [-0.05, 0) is 191 Å². The Bertz CT molecular complexity index is 2860. The quantitative estimate of drug-likeness (QED) is 0.0943. The van der Waals surface area contributed by atoms with Crippen molar-refractivity contribution in [2.75, 3.05) is 7.11 Å². The third-order valence-corrected chi connectivity index (χ3v) is 11.8. The highest BCUT2D eigenvalue weighted by atomic mass is 35.5. The summed E-state index contributed by atoms with van der Waals surface area (Å²) in [6.45, 7) is 17.4. The Hall–Kier alpha value is -6.67. The lowest BCUT2D eigenvalue weighted by Crippen LogP contribution is -2.24. The molecule has 2 aliphatic carbocycles. The second-order valence-electron chi connectivity index (χ2n) is 18.0. The number of nitrogens with zero attached hydrogens (tertiary/aromatic N) is 4. The molecular weight excluding hydrogens is 834 g/mol. The number of ketones is 2. The minimum absolute atomic E-state index is 0.0432. The summed E-state index contributed by atoms with van der Waals surface area (Å²) in [5.41, 5.74) is 11.6. The Morgan fingerprint density at radius 3 is 1.45 bits per heavy atom. The molecule has 0 radical (unpaired) electrons. The SMILES string of the molecule is COc1nc(C)c(CC2CC2)c(C(=O)c2cc(C)cc(C#N)c2)c1C(C)C.Cc1cc(C#N)cc(C(=O)Cl)c1.Cc1cc(C#N)cc(C(=O)c2c(CC3CC3)c(C)[nH]c(=O)c2C(C)C)c1. The zero-order valence-electron chi connectivity index (χ0n) is 39.0. The van der Waals surface area contributed by atoms with E-state index >= 15 is 0 Å². The molecule has 11 heteroatoms. The van der Waals surface area contributed by atoms with Gasteiger partial charge in [-0.1, -0.05) is 27.7 Å². The largest absolute Gasteiger partial charge is 0.481 e. The summed E-state index contributed by atoms with van der Waals surface area (Å²) in [6, 6.07) is 21.6. The van der Waals surface area contributed by atoms with Crippen LogP contribution in [-0.2, 0) is 12.8 Å². The van der Waals surface area contributed by atoms with Crippen LogP contribution in [-0.4, -0.2) is 33.9 Å². The molecule has 5 aromatic rings. The van der Waals surface area contributed by atoms with Crippen LogP contribution in [0.15, 0.2) is 59.4 Å². The number of nitrogens with one attached hydrogen (secondary N) is 1. The van der Waals surface area contributed by atoms with Crippen LogP contribution in [0.25, 0.3) is 0 Å². The summed E-state index contributed by atoms with van der Waals surface area (Å²) in [5, 5.41) is 26.6. The smallest absolute Gasteiger partial charge is 0.252 e. The lowest BCUT2D eigenvalue weighted by Gasteiger charge is -2.21. The first-order valence-electron chi connectivity index (χ1n) is 22.0. The predicted octanol–water partition coefficient (Wildman–Crippen LogP) is 11.3. The van der Waals surface area contributed by atoms with E-state index in [9.17, 15) is 29.7 Å². The van der Waals surface area contributed by atoms with Crippen molar-refractivity contribution in [3.05, 3.63) is 160 Å². The minimum Gasteiger partial charge on any atom is -0.481 e. The summed E-state index contributed by atoms with van der Waals surface area (Å²) in [6.07, 6.45) is 6.46. The van der Waals surface area contributed by atoms with Gasteiger partial charge >= 0.3 is 0 Å². The van der Waals surface area contributed by atoms with Crippen molar-refractivity contribution < 1.29 is 19.1 Å². The first-order chi connectivity index (χ1) is 30.8. The number of methoxy groups -OCH3 is 1. The molecule has 1 N–H and O–H groups in total. The molecule has 0 amide bonds. The van der Waals surface area contributed by atoms with E-state index < -0.39 is 5.24 Å². The number of aryl methyl sites for hydroxylation is 5. The van der Waals surface area contributed by atoms with Crippen LogP contribution < -0.4 is 10.3 Å². The normalized spacial score (nSPS) is 12.8. The number of H-pyrrole nitrogens is 1. The van der Waals surface area contributed by atoms with Gasteiger partial charge in [0.25, 0.3) is 10.8 Å². The van der Waals surface area contributed by atoms with Gasteiger partial charge in [0.2, 0.25) is 5.88 Å². The molecule has 334 valence electrons. The van der Waals surface area contributed by atoms with Gasteiger partial charge in [-0.2, -0.15) is 15.8 Å². The number of carbonyl (C=O) groups is 3. The van der Waals surface area contributed by atoms with Gasteiger partial charge in [-0.25, -0.2) is 4.98 Å². The molecule has 0 aliphatic heterocycles. The Kier molecular flexibility index (Phi) is 16.2. The molecule has 2 aromatic heterocycles. The van der Waals surface area contributed by atoms with E-state index in [4.69, 9.17) is 21.6 Å². The molecule has 2 aliphatic rings. The molecule has 10 nitrogen and oxygen atoms in total. The van der Waals surface area contributed by atoms with Crippen molar-refractivity contribution in [1.29, 1.82) is 15.8 Å². The van der Waals surface area contributed by atoms with Crippen molar-refractivity contribution in [2.45, 2.75) is 113 Å². The second kappa shape index (κ2) is 21.3. The van der Waals surface area contributed by atoms with Crippen molar-refractivity contribution in [3.63, 3.8) is 0 Å². The minimum atomic E-state index is -0.532. The standard InChI is InChI=1S/C23H26N2O2.C22H24N2O2.C9H6ClNO/c1-13(2)20-21(22(26)18-9-14(3)8-17(10-18)12-24)19(11-16-6-7-16)15(4)25-23(20)27-5;1-12(2)19-20(18(10-15-5-6-15)14(4)24-22(19)26)21(25)17-8-13(3)7-16(9-17)11-23;1-6-2-7(5-11)4-8(3-6)9(10)12/h8-10,13,16H,6-7,11H2,1-5H3;7-9,12,15H,5-6,10H2,1-4H3,(H,24,26);2-4H,1H3. The van der Waals surface area contributed by atoms with Crippen LogP contribution in [0.2, 0.25) is 0 Å². The Morgan fingerprint density at radius 1 is 0.662 bits per heavy atom. The number of nitriles is 3. The maximum atomic E-state index is 13.6. The highest BCUT2D eigenvalue weighted by molar-refractivity contribution is 6.67. The maximum Gasteiger partial charge on any atom is 0.252 e. The summed E-state index contributed by atoms with van der Waals surface area (Å²) in [7, 11) is 1.60. The van der Waals surface area contributed by atoms with Crippen molar-refractivity contribution in [3.8, 4) is 24.1 Å². The van der Waals surface area contributed by atoms with E-state index in [0.29, 0.717) is 62.2 Å². The number of hydrogen-bond acceptors (Lipinski definition) is 9. The van der Waals surface area contributed by atoms with Gasteiger partial charge < -0.3 is 9.72 Å². The highest BCUT2D eigenvalue weighted by Gasteiger charge is 2.32. The van der Waals surface area contributed by atoms with Gasteiger partial charge in [-0.15, -0.1) is 0 Å². The third-order valence-electron chi connectivity index (χ3n) is 11.6. The third kappa shape index (κ3) is 12.3. The molecule has 0 saturated heterocycles. The molecule has 0 bridgehead atoms. The van der Waals surface area contributed by atoms with Crippen LogP contribution in [0.1, 0.15) is 174 Å². The molecule has 65 heavy (non-hydrogen) atoms. The first kappa shape index (κ1) is 49.3. The average molecular weight is 891 g/mol. The van der Waals surface area contributed by atoms with Crippen LogP contribution in [0, 0.1) is 80.4 Å². The molecule has 0 atom stereocenters. The molecule has 0 spiro atoms. The molecular formula is C54H56ClN5O5.